The molecule has 1 aliphatic heterocycles. The van der Waals surface area contributed by atoms with Gasteiger partial charge in [0.1, 0.15) is 0 Å². The molecule has 1 unspecified atom stereocenters. The van der Waals surface area contributed by atoms with E-state index in [0.29, 0.717) is 0 Å². The third-order valence-electron chi connectivity index (χ3n) is 3.64. The Kier molecular flexibility index (Phi) is 2.32. The van der Waals surface area contributed by atoms with Crippen molar-refractivity contribution in [2.75, 3.05) is 6.54 Å². The van der Waals surface area contributed by atoms with E-state index < -0.39 is 0 Å². The number of hydrogen-bond donors (Lipinski definition) is 1. The fourth-order valence-corrected chi connectivity index (χ4v) is 3.21. The maximum absolute atomic E-state index is 4.50. The van der Waals surface area contributed by atoms with Crippen LogP contribution in [-0.2, 0) is 12.8 Å². The highest BCUT2D eigenvalue weighted by molar-refractivity contribution is 9.10. The third-order valence-corrected chi connectivity index (χ3v) is 4.13. The van der Waals surface area contributed by atoms with Crippen molar-refractivity contribution in [2.45, 2.75) is 31.7 Å². The molecule has 0 saturated carbocycles. The molecule has 1 spiro atoms. The van der Waals surface area contributed by atoms with E-state index in [2.05, 4.69) is 51.4 Å². The first-order chi connectivity index (χ1) is 7.67. The number of hydrogen-bond acceptors (Lipinski definition) is 2. The number of benzene rings is 1. The topological polar surface area (TPSA) is 24.4 Å². The largest absolute Gasteiger partial charge is 0.366 e. The van der Waals surface area contributed by atoms with Crippen molar-refractivity contribution < 1.29 is 0 Å². The maximum Gasteiger partial charge on any atom is 0.0937 e. The minimum atomic E-state index is 0.213. The molecule has 1 heterocycles. The van der Waals surface area contributed by atoms with Crippen molar-refractivity contribution in [3.63, 3.8) is 0 Å². The van der Waals surface area contributed by atoms with Gasteiger partial charge in [-0.15, -0.1) is 0 Å². The molecule has 2 aliphatic rings. The minimum Gasteiger partial charge on any atom is -0.366 e. The van der Waals surface area contributed by atoms with Gasteiger partial charge in [0.05, 0.1) is 17.9 Å². The van der Waals surface area contributed by atoms with E-state index >= 15 is 0 Å². The van der Waals surface area contributed by atoms with Crippen LogP contribution in [0.25, 0.3) is 0 Å². The zero-order valence-corrected chi connectivity index (χ0v) is 11.0. The standard InChI is InChI=1S/C13H15BrN2/c1-9-15-8-13(16-9)5-4-10-6-12(14)3-2-11(10)7-13/h2-3,6H,4-5,7-8H2,1H3,(H,15,16). The molecular formula is C13H15BrN2. The molecule has 2 nitrogen and oxygen atoms in total. The molecule has 1 aromatic carbocycles. The highest BCUT2D eigenvalue weighted by Gasteiger charge is 2.37. The van der Waals surface area contributed by atoms with Crippen LogP contribution in [0.4, 0.5) is 0 Å². The first-order valence-corrected chi connectivity index (χ1v) is 6.53. The van der Waals surface area contributed by atoms with E-state index in [0.717, 1.165) is 25.2 Å². The molecule has 0 bridgehead atoms. The van der Waals surface area contributed by atoms with E-state index in [-0.39, 0.29) is 5.54 Å². The number of nitrogens with one attached hydrogen (secondary N) is 1. The number of aryl methyl sites for hydroxylation is 1. The Morgan fingerprint density at radius 2 is 2.25 bits per heavy atom. The Morgan fingerprint density at radius 1 is 1.38 bits per heavy atom. The second-order valence-electron chi connectivity index (χ2n) is 4.90. The van der Waals surface area contributed by atoms with Crippen LogP contribution in [0.3, 0.4) is 0 Å². The zero-order valence-electron chi connectivity index (χ0n) is 9.39. The van der Waals surface area contributed by atoms with Crippen molar-refractivity contribution in [1.29, 1.82) is 0 Å². The lowest BCUT2D eigenvalue weighted by molar-refractivity contribution is 0.361. The van der Waals surface area contributed by atoms with Gasteiger partial charge in [-0.05, 0) is 49.4 Å². The van der Waals surface area contributed by atoms with E-state index in [4.69, 9.17) is 0 Å². The van der Waals surface area contributed by atoms with Gasteiger partial charge in [0.2, 0.25) is 0 Å². The number of halogens is 1. The van der Waals surface area contributed by atoms with Crippen LogP contribution in [0.1, 0.15) is 24.5 Å². The predicted octanol–water partition coefficient (Wildman–Crippen LogP) is 2.70. The van der Waals surface area contributed by atoms with Crippen LogP contribution in [0.2, 0.25) is 0 Å². The number of nitrogens with zero attached hydrogens (tertiary/aromatic N) is 1. The summed E-state index contributed by atoms with van der Waals surface area (Å²) < 4.78 is 1.19. The van der Waals surface area contributed by atoms with Gasteiger partial charge in [-0.25, -0.2) is 0 Å². The Bertz CT molecular complexity index is 467. The summed E-state index contributed by atoms with van der Waals surface area (Å²) in [6.07, 6.45) is 3.46. The highest BCUT2D eigenvalue weighted by atomic mass is 79.9. The van der Waals surface area contributed by atoms with Crippen molar-refractivity contribution in [3.05, 3.63) is 33.8 Å². The normalized spacial score (nSPS) is 27.5. The summed E-state index contributed by atoms with van der Waals surface area (Å²) in [6.45, 7) is 3.00. The van der Waals surface area contributed by atoms with E-state index in [1.165, 1.54) is 22.0 Å². The maximum atomic E-state index is 4.50. The monoisotopic (exact) mass is 278 g/mol. The van der Waals surface area contributed by atoms with Crippen LogP contribution >= 0.6 is 15.9 Å². The summed E-state index contributed by atoms with van der Waals surface area (Å²) in [5, 5.41) is 3.56. The molecule has 0 fully saturated rings. The molecular weight excluding hydrogens is 264 g/mol. The summed E-state index contributed by atoms with van der Waals surface area (Å²) in [4.78, 5) is 4.50. The zero-order chi connectivity index (χ0) is 11.2. The summed E-state index contributed by atoms with van der Waals surface area (Å²) in [5.41, 5.74) is 3.18. The van der Waals surface area contributed by atoms with E-state index in [1.807, 2.05) is 0 Å². The van der Waals surface area contributed by atoms with Gasteiger partial charge in [0.25, 0.3) is 0 Å². The smallest absolute Gasteiger partial charge is 0.0937 e. The Balaban J connectivity index is 1.90. The Morgan fingerprint density at radius 3 is 3.00 bits per heavy atom. The average molecular weight is 279 g/mol. The average Bonchev–Trinajstić information content (AvgIpc) is 2.61. The highest BCUT2D eigenvalue weighted by Crippen LogP contribution is 2.32. The fraction of sp³-hybridized carbons (Fsp3) is 0.462. The molecule has 0 aromatic heterocycles. The fourth-order valence-electron chi connectivity index (χ4n) is 2.80. The Labute approximate surface area is 104 Å². The summed E-state index contributed by atoms with van der Waals surface area (Å²) in [6, 6.07) is 6.64. The van der Waals surface area contributed by atoms with Crippen LogP contribution in [0.15, 0.2) is 27.7 Å². The minimum absolute atomic E-state index is 0.213. The molecule has 3 heteroatoms. The van der Waals surface area contributed by atoms with Crippen molar-refractivity contribution >= 4 is 21.8 Å². The van der Waals surface area contributed by atoms with E-state index in [1.54, 1.807) is 0 Å². The second kappa shape index (κ2) is 3.59. The van der Waals surface area contributed by atoms with Gasteiger partial charge in [-0.3, -0.25) is 4.99 Å². The van der Waals surface area contributed by atoms with Crippen molar-refractivity contribution in [1.82, 2.24) is 5.32 Å². The lowest BCUT2D eigenvalue weighted by Gasteiger charge is -2.35. The van der Waals surface area contributed by atoms with Crippen LogP contribution in [0, 0.1) is 0 Å². The molecule has 1 atom stereocenters. The van der Waals surface area contributed by atoms with Gasteiger partial charge in [-0.1, -0.05) is 22.0 Å². The first-order valence-electron chi connectivity index (χ1n) is 5.73. The number of fused-ring (bicyclic) bond motifs is 1. The second-order valence-corrected chi connectivity index (χ2v) is 5.81. The number of amidine groups is 1. The van der Waals surface area contributed by atoms with Crippen molar-refractivity contribution in [3.8, 4) is 0 Å². The quantitative estimate of drug-likeness (QED) is 0.776. The van der Waals surface area contributed by atoms with Gasteiger partial charge < -0.3 is 5.32 Å². The van der Waals surface area contributed by atoms with Crippen LogP contribution < -0.4 is 5.32 Å². The van der Waals surface area contributed by atoms with Gasteiger partial charge >= 0.3 is 0 Å². The molecule has 1 N–H and O–H groups in total. The third kappa shape index (κ3) is 1.67. The van der Waals surface area contributed by atoms with Gasteiger partial charge in [-0.2, -0.15) is 0 Å². The predicted molar refractivity (Wildman–Crippen MR) is 70.0 cm³/mol. The molecule has 3 rings (SSSR count). The van der Waals surface area contributed by atoms with Gasteiger partial charge in [0, 0.05) is 4.47 Å². The molecule has 1 aliphatic carbocycles. The number of rotatable bonds is 0. The molecule has 0 saturated heterocycles. The summed E-state index contributed by atoms with van der Waals surface area (Å²) in [7, 11) is 0. The molecule has 1 aromatic rings. The number of aliphatic imine (C=N–C) groups is 1. The summed E-state index contributed by atoms with van der Waals surface area (Å²) >= 11 is 3.54. The molecule has 0 amide bonds. The molecule has 84 valence electrons. The van der Waals surface area contributed by atoms with Crippen molar-refractivity contribution in [2.24, 2.45) is 4.99 Å². The van der Waals surface area contributed by atoms with Crippen LogP contribution in [0.5, 0.6) is 0 Å². The van der Waals surface area contributed by atoms with Gasteiger partial charge in [0.15, 0.2) is 0 Å². The SMILES string of the molecule is CC1=NCC2(CCc3cc(Br)ccc3C2)N1. The summed E-state index contributed by atoms with van der Waals surface area (Å²) in [5.74, 6) is 1.10. The first kappa shape index (κ1) is 10.3. The lowest BCUT2D eigenvalue weighted by atomic mass is 9.78. The van der Waals surface area contributed by atoms with Crippen LogP contribution in [-0.4, -0.2) is 17.9 Å². The molecule has 16 heavy (non-hydrogen) atoms. The molecule has 0 radical (unpaired) electrons. The lowest BCUT2D eigenvalue weighted by Crippen LogP contribution is -2.49. The Hall–Kier alpha value is -0.830. The van der Waals surface area contributed by atoms with E-state index in [9.17, 15) is 0 Å².